The van der Waals surface area contributed by atoms with Crippen LogP contribution in [0.4, 0.5) is 5.69 Å². The van der Waals surface area contributed by atoms with E-state index in [1.165, 1.54) is 69.8 Å². The van der Waals surface area contributed by atoms with Gasteiger partial charge in [0.05, 0.1) is 6.04 Å². The van der Waals surface area contributed by atoms with Crippen molar-refractivity contribution in [2.75, 3.05) is 5.32 Å². The van der Waals surface area contributed by atoms with Crippen molar-refractivity contribution >= 4 is 11.6 Å². The number of aryl methyl sites for hydroxylation is 1. The quantitative estimate of drug-likeness (QED) is 0.583. The SMILES string of the molecule is CCc1ccc(NC(=NC2CCCCC2)NC2CCCCC2)cc1. The van der Waals surface area contributed by atoms with Gasteiger partial charge in [0, 0.05) is 11.7 Å². The summed E-state index contributed by atoms with van der Waals surface area (Å²) >= 11 is 0. The smallest absolute Gasteiger partial charge is 0.196 e. The summed E-state index contributed by atoms with van der Waals surface area (Å²) in [4.78, 5) is 5.06. The summed E-state index contributed by atoms with van der Waals surface area (Å²) in [5.74, 6) is 0.998. The van der Waals surface area contributed by atoms with Gasteiger partial charge in [-0.1, -0.05) is 57.6 Å². The maximum absolute atomic E-state index is 5.06. The standard InChI is InChI=1S/C21H33N3/c1-2-17-13-15-20(16-14-17)24-21(22-18-9-5-3-6-10-18)23-19-11-7-4-8-12-19/h13-16,18-19H,2-12H2,1H3,(H2,22,23,24). The van der Waals surface area contributed by atoms with Gasteiger partial charge in [0.2, 0.25) is 0 Å². The van der Waals surface area contributed by atoms with Crippen molar-refractivity contribution in [2.24, 2.45) is 4.99 Å². The summed E-state index contributed by atoms with van der Waals surface area (Å²) in [6.07, 6.45) is 14.2. The number of nitrogens with one attached hydrogen (secondary N) is 2. The molecule has 2 aliphatic carbocycles. The molecule has 2 N–H and O–H groups in total. The minimum Gasteiger partial charge on any atom is -0.353 e. The minimum absolute atomic E-state index is 0.493. The molecule has 3 rings (SSSR count). The van der Waals surface area contributed by atoms with E-state index < -0.39 is 0 Å². The van der Waals surface area contributed by atoms with Gasteiger partial charge < -0.3 is 10.6 Å². The first-order chi connectivity index (χ1) is 11.8. The van der Waals surface area contributed by atoms with Crippen LogP contribution >= 0.6 is 0 Å². The Balaban J connectivity index is 1.68. The van der Waals surface area contributed by atoms with Gasteiger partial charge in [-0.3, -0.25) is 0 Å². The average Bonchev–Trinajstić information content (AvgIpc) is 2.64. The predicted molar refractivity (Wildman–Crippen MR) is 104 cm³/mol. The first-order valence-electron chi connectivity index (χ1n) is 10.0. The lowest BCUT2D eigenvalue weighted by Crippen LogP contribution is -2.41. The Morgan fingerprint density at radius 1 is 0.917 bits per heavy atom. The third-order valence-electron chi connectivity index (χ3n) is 5.46. The number of benzene rings is 1. The molecule has 0 spiro atoms. The maximum atomic E-state index is 5.06. The normalized spacial score (nSPS) is 20.8. The molecule has 0 aliphatic heterocycles. The second kappa shape index (κ2) is 9.10. The van der Waals surface area contributed by atoms with Gasteiger partial charge in [-0.25, -0.2) is 4.99 Å². The largest absolute Gasteiger partial charge is 0.353 e. The molecule has 3 heteroatoms. The lowest BCUT2D eigenvalue weighted by molar-refractivity contribution is 0.408. The van der Waals surface area contributed by atoms with Crippen molar-refractivity contribution in [3.8, 4) is 0 Å². The van der Waals surface area contributed by atoms with Crippen LogP contribution in [0.15, 0.2) is 29.3 Å². The summed E-state index contributed by atoms with van der Waals surface area (Å²) in [7, 11) is 0. The topological polar surface area (TPSA) is 36.4 Å². The Bertz CT molecular complexity index is 508. The van der Waals surface area contributed by atoms with Gasteiger partial charge in [-0.2, -0.15) is 0 Å². The highest BCUT2D eigenvalue weighted by Gasteiger charge is 2.17. The number of aliphatic imine (C=N–C) groups is 1. The Labute approximate surface area is 147 Å². The highest BCUT2D eigenvalue weighted by molar-refractivity contribution is 5.94. The monoisotopic (exact) mass is 327 g/mol. The highest BCUT2D eigenvalue weighted by Crippen LogP contribution is 2.22. The van der Waals surface area contributed by atoms with E-state index in [0.29, 0.717) is 12.1 Å². The average molecular weight is 328 g/mol. The fourth-order valence-corrected chi connectivity index (χ4v) is 3.90. The van der Waals surface area contributed by atoms with Crippen LogP contribution < -0.4 is 10.6 Å². The molecule has 2 saturated carbocycles. The molecule has 0 unspecified atom stereocenters. The molecule has 132 valence electrons. The molecule has 1 aromatic carbocycles. The highest BCUT2D eigenvalue weighted by atomic mass is 15.2. The van der Waals surface area contributed by atoms with E-state index in [2.05, 4.69) is 41.8 Å². The second-order valence-electron chi connectivity index (χ2n) is 7.42. The van der Waals surface area contributed by atoms with Crippen LogP contribution in [0.5, 0.6) is 0 Å². The molecule has 0 heterocycles. The summed E-state index contributed by atoms with van der Waals surface area (Å²) in [5.41, 5.74) is 2.52. The molecular formula is C21H33N3. The van der Waals surface area contributed by atoms with E-state index >= 15 is 0 Å². The number of guanidine groups is 1. The second-order valence-corrected chi connectivity index (χ2v) is 7.42. The molecule has 0 radical (unpaired) electrons. The van der Waals surface area contributed by atoms with Crippen molar-refractivity contribution < 1.29 is 0 Å². The third kappa shape index (κ3) is 5.25. The Morgan fingerprint density at radius 2 is 1.54 bits per heavy atom. The van der Waals surface area contributed by atoms with Crippen molar-refractivity contribution in [3.05, 3.63) is 29.8 Å². The summed E-state index contributed by atoms with van der Waals surface area (Å²) in [6.45, 7) is 2.20. The molecule has 0 atom stereocenters. The van der Waals surface area contributed by atoms with Crippen LogP contribution in [0.2, 0.25) is 0 Å². The van der Waals surface area contributed by atoms with Gasteiger partial charge in [0.15, 0.2) is 5.96 Å². The fourth-order valence-electron chi connectivity index (χ4n) is 3.90. The molecule has 0 bridgehead atoms. The van der Waals surface area contributed by atoms with Gasteiger partial charge in [-0.15, -0.1) is 0 Å². The van der Waals surface area contributed by atoms with Crippen molar-refractivity contribution in [2.45, 2.75) is 89.6 Å². The van der Waals surface area contributed by atoms with E-state index in [1.807, 2.05) is 0 Å². The Hall–Kier alpha value is -1.51. The summed E-state index contributed by atoms with van der Waals surface area (Å²) < 4.78 is 0. The number of anilines is 1. The fraction of sp³-hybridized carbons (Fsp3) is 0.667. The number of rotatable bonds is 4. The minimum atomic E-state index is 0.493. The zero-order valence-electron chi connectivity index (χ0n) is 15.2. The molecule has 2 fully saturated rings. The van der Waals surface area contributed by atoms with Gasteiger partial charge in [0.1, 0.15) is 0 Å². The molecule has 0 aromatic heterocycles. The van der Waals surface area contributed by atoms with Crippen LogP contribution in [-0.2, 0) is 6.42 Å². The predicted octanol–water partition coefficient (Wildman–Crippen LogP) is 5.27. The van der Waals surface area contributed by atoms with Crippen LogP contribution in [-0.4, -0.2) is 18.0 Å². The van der Waals surface area contributed by atoms with E-state index in [-0.39, 0.29) is 0 Å². The van der Waals surface area contributed by atoms with E-state index in [0.717, 1.165) is 18.1 Å². The Kier molecular flexibility index (Phi) is 6.57. The van der Waals surface area contributed by atoms with Crippen molar-refractivity contribution in [1.29, 1.82) is 0 Å². The van der Waals surface area contributed by atoms with Crippen LogP contribution in [0.3, 0.4) is 0 Å². The van der Waals surface area contributed by atoms with Gasteiger partial charge in [0.25, 0.3) is 0 Å². The van der Waals surface area contributed by atoms with E-state index in [9.17, 15) is 0 Å². The van der Waals surface area contributed by atoms with Crippen LogP contribution in [0.1, 0.15) is 76.7 Å². The molecule has 1 aromatic rings. The first kappa shape index (κ1) is 17.3. The van der Waals surface area contributed by atoms with Crippen LogP contribution in [0, 0.1) is 0 Å². The first-order valence-corrected chi connectivity index (χ1v) is 10.0. The summed E-state index contributed by atoms with van der Waals surface area (Å²) in [6, 6.07) is 9.86. The van der Waals surface area contributed by atoms with Crippen molar-refractivity contribution in [3.63, 3.8) is 0 Å². The Morgan fingerprint density at radius 3 is 2.17 bits per heavy atom. The van der Waals surface area contributed by atoms with Gasteiger partial charge >= 0.3 is 0 Å². The number of hydrogen-bond acceptors (Lipinski definition) is 1. The van der Waals surface area contributed by atoms with Gasteiger partial charge in [-0.05, 0) is 49.8 Å². The molecular weight excluding hydrogens is 294 g/mol. The van der Waals surface area contributed by atoms with Crippen molar-refractivity contribution in [1.82, 2.24) is 5.32 Å². The number of nitrogens with zero attached hydrogens (tertiary/aromatic N) is 1. The maximum Gasteiger partial charge on any atom is 0.196 e. The lowest BCUT2D eigenvalue weighted by atomic mass is 9.95. The summed E-state index contributed by atoms with van der Waals surface area (Å²) in [5, 5.41) is 7.28. The van der Waals surface area contributed by atoms with Crippen LogP contribution in [0.25, 0.3) is 0 Å². The van der Waals surface area contributed by atoms with E-state index in [1.54, 1.807) is 0 Å². The van der Waals surface area contributed by atoms with E-state index in [4.69, 9.17) is 4.99 Å². The zero-order chi connectivity index (χ0) is 16.6. The molecule has 3 nitrogen and oxygen atoms in total. The lowest BCUT2D eigenvalue weighted by Gasteiger charge is -2.27. The molecule has 2 aliphatic rings. The molecule has 0 amide bonds. The molecule has 0 saturated heterocycles. The molecule has 24 heavy (non-hydrogen) atoms. The zero-order valence-corrected chi connectivity index (χ0v) is 15.2. The third-order valence-corrected chi connectivity index (χ3v) is 5.46. The number of hydrogen-bond donors (Lipinski definition) is 2.